The van der Waals surface area contributed by atoms with E-state index in [0.717, 1.165) is 25.7 Å². The highest BCUT2D eigenvalue weighted by molar-refractivity contribution is 5.14. The second kappa shape index (κ2) is 10.2. The van der Waals surface area contributed by atoms with Gasteiger partial charge >= 0.3 is 0 Å². The van der Waals surface area contributed by atoms with Crippen LogP contribution < -0.4 is 0 Å². The van der Waals surface area contributed by atoms with Gasteiger partial charge in [0.2, 0.25) is 6.04 Å². The number of aliphatic hydroxyl groups is 5. The number of nitrogens with zero attached hydrogens (tertiary/aromatic N) is 1. The fourth-order valence-corrected chi connectivity index (χ4v) is 9.49. The van der Waals surface area contributed by atoms with Gasteiger partial charge in [0.15, 0.2) is 0 Å². The van der Waals surface area contributed by atoms with E-state index in [1.165, 1.54) is 0 Å². The quantitative estimate of drug-likeness (QED) is 0.256. The van der Waals surface area contributed by atoms with Crippen LogP contribution in [0.15, 0.2) is 0 Å². The van der Waals surface area contributed by atoms with Crippen molar-refractivity contribution >= 4 is 0 Å². The van der Waals surface area contributed by atoms with Gasteiger partial charge in [0.25, 0.3) is 0 Å². The Morgan fingerprint density at radius 1 is 1.00 bits per heavy atom. The third kappa shape index (κ3) is 4.45. The van der Waals surface area contributed by atoms with Crippen LogP contribution in [0, 0.1) is 62.4 Å². The summed E-state index contributed by atoms with van der Waals surface area (Å²) in [6, 6.07) is -0.515. The number of fused-ring (bicyclic) bond motifs is 5. The Hall–Kier alpha value is -0.800. The maximum atomic E-state index is 11.7. The van der Waals surface area contributed by atoms with E-state index in [1.807, 2.05) is 0 Å². The van der Waals surface area contributed by atoms with Crippen molar-refractivity contribution in [2.24, 2.45) is 52.3 Å². The maximum absolute atomic E-state index is 11.7. The summed E-state index contributed by atoms with van der Waals surface area (Å²) in [4.78, 5) is 11.3. The molecule has 0 aliphatic heterocycles. The molecular weight excluding hydrogens is 450 g/mol. The smallest absolute Gasteiger partial charge is 0.213 e. The Morgan fingerprint density at radius 2 is 1.69 bits per heavy atom. The van der Waals surface area contributed by atoms with Gasteiger partial charge in [-0.1, -0.05) is 20.8 Å². The van der Waals surface area contributed by atoms with Gasteiger partial charge in [-0.05, 0) is 91.3 Å². The predicted molar refractivity (Wildman–Crippen MR) is 131 cm³/mol. The van der Waals surface area contributed by atoms with Crippen LogP contribution >= 0.6 is 0 Å². The summed E-state index contributed by atoms with van der Waals surface area (Å²) >= 11 is 0. The number of rotatable bonds is 8. The van der Waals surface area contributed by atoms with Crippen molar-refractivity contribution in [2.45, 2.75) is 103 Å². The predicted octanol–water partition coefficient (Wildman–Crippen LogP) is 2.61. The lowest BCUT2D eigenvalue weighted by molar-refractivity contribution is -0.531. The fourth-order valence-electron chi connectivity index (χ4n) is 9.49. The molecule has 0 aromatic rings. The molecule has 4 fully saturated rings. The van der Waals surface area contributed by atoms with Crippen molar-refractivity contribution in [3.05, 3.63) is 10.1 Å². The summed E-state index contributed by atoms with van der Waals surface area (Å²) in [5.74, 6) is 0.672. The van der Waals surface area contributed by atoms with E-state index < -0.39 is 30.3 Å². The average molecular weight is 498 g/mol. The Morgan fingerprint density at radius 3 is 2.31 bits per heavy atom. The Bertz CT molecular complexity index is 762. The van der Waals surface area contributed by atoms with Crippen molar-refractivity contribution in [2.75, 3.05) is 13.2 Å². The van der Waals surface area contributed by atoms with Crippen LogP contribution in [0.25, 0.3) is 0 Å². The molecular formula is C27H47NO7. The molecule has 8 nitrogen and oxygen atoms in total. The van der Waals surface area contributed by atoms with E-state index in [0.29, 0.717) is 32.1 Å². The lowest BCUT2D eigenvalue weighted by Crippen LogP contribution is -2.62. The fraction of sp³-hybridized carbons (Fsp3) is 1.00. The zero-order chi connectivity index (χ0) is 25.7. The first-order chi connectivity index (χ1) is 16.5. The summed E-state index contributed by atoms with van der Waals surface area (Å²) in [6.45, 7) is 6.18. The summed E-state index contributed by atoms with van der Waals surface area (Å²) in [5.41, 5.74) is -0.378. The first kappa shape index (κ1) is 27.2. The van der Waals surface area contributed by atoms with Crippen LogP contribution in [0.4, 0.5) is 0 Å². The van der Waals surface area contributed by atoms with E-state index in [-0.39, 0.29) is 64.5 Å². The van der Waals surface area contributed by atoms with E-state index in [9.17, 15) is 35.6 Å². The second-order valence-corrected chi connectivity index (χ2v) is 13.1. The minimum absolute atomic E-state index is 0.0733. The van der Waals surface area contributed by atoms with Crippen LogP contribution in [0.3, 0.4) is 0 Å². The van der Waals surface area contributed by atoms with Crippen LogP contribution in [-0.4, -0.2) is 68.0 Å². The third-order valence-corrected chi connectivity index (χ3v) is 11.7. The molecule has 4 aliphatic rings. The minimum atomic E-state index is -0.746. The molecule has 0 heterocycles. The molecule has 0 amide bonds. The highest BCUT2D eigenvalue weighted by Gasteiger charge is 2.66. The molecule has 0 radical (unpaired) electrons. The highest BCUT2D eigenvalue weighted by atomic mass is 16.6. The molecule has 0 saturated heterocycles. The van der Waals surface area contributed by atoms with Gasteiger partial charge in [0.1, 0.15) is 0 Å². The van der Waals surface area contributed by atoms with Crippen LogP contribution in [0.1, 0.15) is 78.6 Å². The van der Waals surface area contributed by atoms with Crippen molar-refractivity contribution in [3.63, 3.8) is 0 Å². The molecule has 0 aromatic heterocycles. The first-order valence-corrected chi connectivity index (χ1v) is 13.9. The van der Waals surface area contributed by atoms with Gasteiger partial charge in [-0.15, -0.1) is 0 Å². The summed E-state index contributed by atoms with van der Waals surface area (Å²) in [6.07, 6.45) is 4.70. The molecule has 4 rings (SSSR count). The SMILES string of the molecule is C[C@H](CC[C@@H](O)C(CO)CO)C1CC[C@H]2C3C(C[C@H](O)[C@]12C)[C@@]1(C)CC[C@@H]([N+](=O)[O-])CC1C[C@H]3O. The van der Waals surface area contributed by atoms with Gasteiger partial charge < -0.3 is 25.5 Å². The zero-order valence-corrected chi connectivity index (χ0v) is 21.6. The average Bonchev–Trinajstić information content (AvgIpc) is 3.17. The molecule has 4 aliphatic carbocycles. The normalized spacial score (nSPS) is 47.0. The van der Waals surface area contributed by atoms with E-state index in [4.69, 9.17) is 0 Å². The molecule has 0 aromatic carbocycles. The molecule has 4 unspecified atom stereocenters. The largest absolute Gasteiger partial charge is 0.396 e. The lowest BCUT2D eigenvalue weighted by Gasteiger charge is -2.63. The topological polar surface area (TPSA) is 144 Å². The Balaban J connectivity index is 1.51. The molecule has 5 N–H and O–H groups in total. The highest BCUT2D eigenvalue weighted by Crippen LogP contribution is 2.68. The van der Waals surface area contributed by atoms with E-state index in [2.05, 4.69) is 20.8 Å². The van der Waals surface area contributed by atoms with Crippen molar-refractivity contribution in [1.82, 2.24) is 0 Å². The van der Waals surface area contributed by atoms with Gasteiger partial charge in [-0.25, -0.2) is 0 Å². The maximum Gasteiger partial charge on any atom is 0.213 e. The molecule has 35 heavy (non-hydrogen) atoms. The number of nitro groups is 1. The number of aliphatic hydroxyl groups excluding tert-OH is 5. The monoisotopic (exact) mass is 497 g/mol. The van der Waals surface area contributed by atoms with Crippen LogP contribution in [-0.2, 0) is 0 Å². The van der Waals surface area contributed by atoms with Crippen molar-refractivity contribution in [1.29, 1.82) is 0 Å². The third-order valence-electron chi connectivity index (χ3n) is 11.7. The molecule has 202 valence electrons. The molecule has 4 saturated carbocycles. The van der Waals surface area contributed by atoms with E-state index >= 15 is 0 Å². The van der Waals surface area contributed by atoms with Crippen molar-refractivity contribution < 1.29 is 30.5 Å². The summed E-state index contributed by atoms with van der Waals surface area (Å²) < 4.78 is 0. The number of hydrogen-bond acceptors (Lipinski definition) is 7. The summed E-state index contributed by atoms with van der Waals surface area (Å²) in [5, 5.41) is 63.7. The first-order valence-electron chi connectivity index (χ1n) is 13.9. The molecule has 8 heteroatoms. The van der Waals surface area contributed by atoms with Gasteiger partial charge in [-0.3, -0.25) is 10.1 Å². The van der Waals surface area contributed by atoms with Gasteiger partial charge in [0.05, 0.1) is 31.5 Å². The van der Waals surface area contributed by atoms with Crippen LogP contribution in [0.2, 0.25) is 0 Å². The van der Waals surface area contributed by atoms with Crippen LogP contribution in [0.5, 0.6) is 0 Å². The minimum Gasteiger partial charge on any atom is -0.396 e. The Labute approximate surface area is 209 Å². The second-order valence-electron chi connectivity index (χ2n) is 13.1. The van der Waals surface area contributed by atoms with Crippen molar-refractivity contribution in [3.8, 4) is 0 Å². The van der Waals surface area contributed by atoms with E-state index in [1.54, 1.807) is 0 Å². The Kier molecular flexibility index (Phi) is 7.91. The molecule has 0 bridgehead atoms. The zero-order valence-electron chi connectivity index (χ0n) is 21.6. The number of hydrogen-bond donors (Lipinski definition) is 5. The van der Waals surface area contributed by atoms with Gasteiger partial charge in [0, 0.05) is 23.7 Å². The van der Waals surface area contributed by atoms with Gasteiger partial charge in [-0.2, -0.15) is 0 Å². The lowest BCUT2D eigenvalue weighted by atomic mass is 9.43. The standard InChI is InChI=1S/C27H47NO7/c1-15(4-7-22(31)16(13-29)14-30)19-5-6-20-25-21(12-24(33)27(19,20)3)26(2)9-8-18(28(34)35)10-17(26)11-23(25)32/h15-25,29-33H,4-14H2,1-3H3/t15-,17?,18-,19?,20+,21?,22-,23-,24+,25?,26+,27-/m1/s1. The summed E-state index contributed by atoms with van der Waals surface area (Å²) in [7, 11) is 0. The molecule has 12 atom stereocenters. The molecule has 0 spiro atoms.